The number of carbonyl (C=O) groups is 1. The smallest absolute Gasteiger partial charge is 0.255 e. The summed E-state index contributed by atoms with van der Waals surface area (Å²) in [4.78, 5) is 14.5. The fraction of sp³-hybridized carbons (Fsp3) is 0.562. The molecule has 1 aliphatic heterocycles. The summed E-state index contributed by atoms with van der Waals surface area (Å²) < 4.78 is 0.904. The average Bonchev–Trinajstić information content (AvgIpc) is 2.47. The molecule has 1 aromatic carbocycles. The molecule has 0 saturated carbocycles. The molecule has 1 amide bonds. The number of anilines is 1. The van der Waals surface area contributed by atoms with E-state index in [1.165, 1.54) is 12.8 Å². The monoisotopic (exact) mass is 338 g/mol. The largest absolute Gasteiger partial charge is 0.398 e. The Hall–Kier alpha value is -1.03. The lowest BCUT2D eigenvalue weighted by atomic mass is 9.74. The third-order valence-corrected chi connectivity index (χ3v) is 5.35. The number of carbonyl (C=O) groups excluding carboxylic acids is 1. The van der Waals surface area contributed by atoms with Crippen LogP contribution in [0.5, 0.6) is 0 Å². The molecule has 0 spiro atoms. The quantitative estimate of drug-likeness (QED) is 0.844. The molecule has 2 N–H and O–H groups in total. The first-order valence-corrected chi connectivity index (χ1v) is 8.15. The molecule has 0 atom stereocenters. The van der Waals surface area contributed by atoms with E-state index in [-0.39, 0.29) is 5.91 Å². The van der Waals surface area contributed by atoms with Crippen LogP contribution >= 0.6 is 15.9 Å². The molecule has 0 radical (unpaired) electrons. The normalized spacial score (nSPS) is 18.1. The predicted molar refractivity (Wildman–Crippen MR) is 86.7 cm³/mol. The number of benzene rings is 1. The van der Waals surface area contributed by atoms with Crippen LogP contribution in [-0.2, 0) is 0 Å². The fourth-order valence-electron chi connectivity index (χ4n) is 3.04. The van der Waals surface area contributed by atoms with E-state index < -0.39 is 0 Å². The van der Waals surface area contributed by atoms with Gasteiger partial charge in [0.15, 0.2) is 0 Å². The van der Waals surface area contributed by atoms with Crippen molar-refractivity contribution in [1.82, 2.24) is 4.90 Å². The fourth-order valence-corrected chi connectivity index (χ4v) is 3.42. The van der Waals surface area contributed by atoms with Gasteiger partial charge in [-0.1, -0.05) is 42.6 Å². The lowest BCUT2D eigenvalue weighted by molar-refractivity contribution is 0.0559. The van der Waals surface area contributed by atoms with Crippen molar-refractivity contribution in [2.24, 2.45) is 5.41 Å². The Labute approximate surface area is 129 Å². The molecular weight excluding hydrogens is 316 g/mol. The van der Waals surface area contributed by atoms with Gasteiger partial charge in [-0.05, 0) is 36.5 Å². The van der Waals surface area contributed by atoms with E-state index in [0.717, 1.165) is 30.4 Å². The lowest BCUT2D eigenvalue weighted by Gasteiger charge is -2.41. The molecule has 1 saturated heterocycles. The molecule has 3 nitrogen and oxygen atoms in total. The van der Waals surface area contributed by atoms with Gasteiger partial charge < -0.3 is 10.6 Å². The number of hydrogen-bond donors (Lipinski definition) is 1. The lowest BCUT2D eigenvalue weighted by Crippen LogP contribution is -2.43. The zero-order valence-electron chi connectivity index (χ0n) is 12.3. The van der Waals surface area contributed by atoms with Crippen LogP contribution < -0.4 is 5.73 Å². The van der Waals surface area contributed by atoms with Gasteiger partial charge in [0.2, 0.25) is 0 Å². The number of nitrogens with two attached hydrogens (primary N) is 1. The Balaban J connectivity index is 2.09. The van der Waals surface area contributed by atoms with Crippen molar-refractivity contribution in [1.29, 1.82) is 0 Å². The summed E-state index contributed by atoms with van der Waals surface area (Å²) in [5, 5.41) is 0. The second-order valence-electron chi connectivity index (χ2n) is 5.73. The van der Waals surface area contributed by atoms with Crippen LogP contribution in [0, 0.1) is 5.41 Å². The van der Waals surface area contributed by atoms with Gasteiger partial charge in [-0.2, -0.15) is 0 Å². The van der Waals surface area contributed by atoms with Crippen molar-refractivity contribution in [3.63, 3.8) is 0 Å². The van der Waals surface area contributed by atoms with Crippen molar-refractivity contribution in [2.75, 3.05) is 18.8 Å². The number of nitrogen functional groups attached to an aromatic ring is 1. The SMILES string of the molecule is CCC1(CC)CCN(C(=O)c2ccc(Br)cc2N)CC1. The number of hydrogen-bond acceptors (Lipinski definition) is 2. The topological polar surface area (TPSA) is 46.3 Å². The summed E-state index contributed by atoms with van der Waals surface area (Å²) in [6, 6.07) is 5.47. The first kappa shape index (κ1) is 15.4. The number of amides is 1. The van der Waals surface area contributed by atoms with E-state index >= 15 is 0 Å². The van der Waals surface area contributed by atoms with Gasteiger partial charge >= 0.3 is 0 Å². The van der Waals surface area contributed by atoms with Crippen molar-refractivity contribution in [3.8, 4) is 0 Å². The minimum atomic E-state index is 0.0656. The minimum Gasteiger partial charge on any atom is -0.398 e. The van der Waals surface area contributed by atoms with Gasteiger partial charge in [0, 0.05) is 23.2 Å². The second kappa shape index (κ2) is 6.17. The number of likely N-dealkylation sites (tertiary alicyclic amines) is 1. The average molecular weight is 339 g/mol. The predicted octanol–water partition coefficient (Wildman–Crippen LogP) is 4.07. The van der Waals surface area contributed by atoms with E-state index in [2.05, 4.69) is 29.8 Å². The second-order valence-corrected chi connectivity index (χ2v) is 6.65. The summed E-state index contributed by atoms with van der Waals surface area (Å²) in [7, 11) is 0. The molecule has 0 aliphatic carbocycles. The molecule has 110 valence electrons. The van der Waals surface area contributed by atoms with Gasteiger partial charge in [-0.15, -0.1) is 0 Å². The van der Waals surface area contributed by atoms with E-state index in [9.17, 15) is 4.79 Å². The maximum Gasteiger partial charge on any atom is 0.255 e. The highest BCUT2D eigenvalue weighted by molar-refractivity contribution is 9.10. The summed E-state index contributed by atoms with van der Waals surface area (Å²) in [6.45, 7) is 6.20. The van der Waals surface area contributed by atoms with Crippen LogP contribution in [0.1, 0.15) is 49.9 Å². The molecule has 20 heavy (non-hydrogen) atoms. The first-order valence-electron chi connectivity index (χ1n) is 7.35. The van der Waals surface area contributed by atoms with Crippen LogP contribution in [0.4, 0.5) is 5.69 Å². The third kappa shape index (κ3) is 3.00. The molecule has 0 aromatic heterocycles. The Morgan fingerprint density at radius 2 is 1.90 bits per heavy atom. The first-order chi connectivity index (χ1) is 9.51. The van der Waals surface area contributed by atoms with Crippen LogP contribution in [0.3, 0.4) is 0 Å². The molecule has 2 rings (SSSR count). The van der Waals surface area contributed by atoms with Crippen molar-refractivity contribution < 1.29 is 4.79 Å². The summed E-state index contributed by atoms with van der Waals surface area (Å²) >= 11 is 3.37. The third-order valence-electron chi connectivity index (χ3n) is 4.86. The number of rotatable bonds is 3. The summed E-state index contributed by atoms with van der Waals surface area (Å²) in [5.41, 5.74) is 7.56. The van der Waals surface area contributed by atoms with Crippen LogP contribution in [0.2, 0.25) is 0 Å². The van der Waals surface area contributed by atoms with Gasteiger partial charge in [0.05, 0.1) is 5.56 Å². The standard InChI is InChI=1S/C16H23BrN2O/c1-3-16(4-2)7-9-19(10-8-16)15(20)13-6-5-12(17)11-14(13)18/h5-6,11H,3-4,7-10,18H2,1-2H3. The zero-order chi connectivity index (χ0) is 14.8. The van der Waals surface area contributed by atoms with Gasteiger partial charge in [0.25, 0.3) is 5.91 Å². The zero-order valence-corrected chi connectivity index (χ0v) is 13.9. The highest BCUT2D eigenvalue weighted by atomic mass is 79.9. The molecule has 1 fully saturated rings. The Bertz CT molecular complexity index is 487. The van der Waals surface area contributed by atoms with Crippen LogP contribution in [0.15, 0.2) is 22.7 Å². The molecule has 1 aliphatic rings. The van der Waals surface area contributed by atoms with E-state index in [4.69, 9.17) is 5.73 Å². The molecule has 0 bridgehead atoms. The number of piperidine rings is 1. The van der Waals surface area contributed by atoms with Crippen LogP contribution in [0.25, 0.3) is 0 Å². The van der Waals surface area contributed by atoms with E-state index in [1.807, 2.05) is 17.0 Å². The van der Waals surface area contributed by atoms with E-state index in [0.29, 0.717) is 16.7 Å². The van der Waals surface area contributed by atoms with Gasteiger partial charge in [-0.3, -0.25) is 4.79 Å². The number of nitrogens with zero attached hydrogens (tertiary/aromatic N) is 1. The van der Waals surface area contributed by atoms with Gasteiger partial charge in [0.1, 0.15) is 0 Å². The summed E-state index contributed by atoms with van der Waals surface area (Å²) in [6.07, 6.45) is 4.60. The summed E-state index contributed by atoms with van der Waals surface area (Å²) in [5.74, 6) is 0.0656. The van der Waals surface area contributed by atoms with Crippen LogP contribution in [-0.4, -0.2) is 23.9 Å². The highest BCUT2D eigenvalue weighted by Crippen LogP contribution is 2.38. The molecule has 1 aromatic rings. The Morgan fingerprint density at radius 3 is 2.40 bits per heavy atom. The van der Waals surface area contributed by atoms with Crippen molar-refractivity contribution >= 4 is 27.5 Å². The highest BCUT2D eigenvalue weighted by Gasteiger charge is 2.33. The van der Waals surface area contributed by atoms with E-state index in [1.54, 1.807) is 6.07 Å². The Kier molecular flexibility index (Phi) is 4.74. The van der Waals surface area contributed by atoms with Crippen molar-refractivity contribution in [2.45, 2.75) is 39.5 Å². The van der Waals surface area contributed by atoms with Crippen molar-refractivity contribution in [3.05, 3.63) is 28.2 Å². The maximum absolute atomic E-state index is 12.6. The molecule has 1 heterocycles. The maximum atomic E-state index is 12.6. The number of halogens is 1. The molecule has 4 heteroatoms. The van der Waals surface area contributed by atoms with Gasteiger partial charge in [-0.25, -0.2) is 0 Å². The Morgan fingerprint density at radius 1 is 1.30 bits per heavy atom. The minimum absolute atomic E-state index is 0.0656. The molecular formula is C16H23BrN2O. The molecule has 0 unspecified atom stereocenters.